The number of likely N-dealkylation sites (tertiary alicyclic amines) is 1. The van der Waals surface area contributed by atoms with E-state index in [-0.39, 0.29) is 34.7 Å². The number of rotatable bonds is 8. The number of fused-ring (bicyclic) bond motifs is 2. The van der Waals surface area contributed by atoms with Crippen LogP contribution >= 0.6 is 0 Å². The summed E-state index contributed by atoms with van der Waals surface area (Å²) >= 11 is 0. The van der Waals surface area contributed by atoms with Gasteiger partial charge < -0.3 is 23.8 Å². The van der Waals surface area contributed by atoms with Gasteiger partial charge >= 0.3 is 15.6 Å². The quantitative estimate of drug-likeness (QED) is 0.248. The van der Waals surface area contributed by atoms with E-state index in [1.807, 2.05) is 0 Å². The Bertz CT molecular complexity index is 1010. The van der Waals surface area contributed by atoms with E-state index in [1.165, 1.54) is 14.2 Å². The normalized spacial score (nSPS) is 44.5. The first kappa shape index (κ1) is 29.0. The monoisotopic (exact) mass is 569 g/mol. The molecule has 0 aromatic heterocycles. The van der Waals surface area contributed by atoms with Crippen LogP contribution in [-0.4, -0.2) is 91.5 Å². The summed E-state index contributed by atoms with van der Waals surface area (Å²) in [6.07, 6.45) is 3.42. The van der Waals surface area contributed by atoms with Gasteiger partial charge in [-0.15, -0.1) is 0 Å². The largest absolute Gasteiger partial charge is 0.523 e. The molecule has 1 heterocycles. The van der Waals surface area contributed by atoms with E-state index in [2.05, 4.69) is 11.8 Å². The number of ether oxygens (including phenoxy) is 4. The van der Waals surface area contributed by atoms with Crippen molar-refractivity contribution in [2.24, 2.45) is 34.0 Å². The van der Waals surface area contributed by atoms with Gasteiger partial charge in [0.15, 0.2) is 5.79 Å². The van der Waals surface area contributed by atoms with Crippen LogP contribution in [0, 0.1) is 34.0 Å². The second-order valence-electron chi connectivity index (χ2n) is 12.3. The molecule has 0 amide bonds. The number of alkyl halides is 3. The molecule has 5 aliphatic carbocycles. The predicted molar refractivity (Wildman–Crippen MR) is 131 cm³/mol. The van der Waals surface area contributed by atoms with E-state index in [9.17, 15) is 21.6 Å². The van der Waals surface area contributed by atoms with Gasteiger partial charge in [0.1, 0.15) is 6.10 Å². The highest BCUT2D eigenvalue weighted by atomic mass is 32.2. The third kappa shape index (κ3) is 3.66. The molecule has 6 fully saturated rings. The highest BCUT2D eigenvalue weighted by Crippen LogP contribution is 2.75. The lowest BCUT2D eigenvalue weighted by molar-refractivity contribution is -0.383. The summed E-state index contributed by atoms with van der Waals surface area (Å²) < 4.78 is 95.1. The van der Waals surface area contributed by atoms with Crippen LogP contribution in [0.25, 0.3) is 0 Å². The molecule has 8 nitrogen and oxygen atoms in total. The molecule has 12 heteroatoms. The highest BCUT2D eigenvalue weighted by molar-refractivity contribution is 7.87. The Morgan fingerprint density at radius 2 is 1.63 bits per heavy atom. The minimum Gasteiger partial charge on any atom is -0.384 e. The number of piperidine rings is 1. The third-order valence-corrected chi connectivity index (χ3v) is 12.4. The Kier molecular flexibility index (Phi) is 7.27. The molecule has 38 heavy (non-hydrogen) atoms. The Labute approximate surface area is 223 Å². The smallest absolute Gasteiger partial charge is 0.384 e. The predicted octanol–water partition coefficient (Wildman–Crippen LogP) is 3.80. The van der Waals surface area contributed by atoms with E-state index in [1.54, 1.807) is 14.2 Å². The van der Waals surface area contributed by atoms with Crippen molar-refractivity contribution in [3.63, 3.8) is 0 Å². The molecule has 0 aromatic carbocycles. The Hall–Kier alpha value is -0.500. The zero-order chi connectivity index (χ0) is 27.8. The van der Waals surface area contributed by atoms with Crippen molar-refractivity contribution in [3.05, 3.63) is 0 Å². The van der Waals surface area contributed by atoms with Gasteiger partial charge in [-0.2, -0.15) is 21.6 Å². The highest BCUT2D eigenvalue weighted by Gasteiger charge is 2.78. The van der Waals surface area contributed by atoms with Crippen LogP contribution < -0.4 is 0 Å². The molecule has 6 rings (SSSR count). The van der Waals surface area contributed by atoms with Crippen LogP contribution in [0.2, 0.25) is 0 Å². The number of halogens is 3. The lowest BCUT2D eigenvalue weighted by Gasteiger charge is -2.75. The molecule has 1 spiro atoms. The van der Waals surface area contributed by atoms with Crippen molar-refractivity contribution in [1.82, 2.24) is 4.90 Å². The standard InChI is InChI=1S/C26H42F3NO7S/c1-6-30-14-22(16-33-2)10-9-20(34-3)24(15-30)18(22)8-12-23-11-7-17(13-19(23)24)25(35-4,36-5)21(23)37-38(31,32)26(27,28)29/h17-21H,6-16H2,1-5H3/t17-,18+,19-,20-,21+,22-,23-,24+/m0/s1. The van der Waals surface area contributed by atoms with Gasteiger partial charge in [0, 0.05) is 63.7 Å². The van der Waals surface area contributed by atoms with Crippen molar-refractivity contribution in [1.29, 1.82) is 0 Å². The van der Waals surface area contributed by atoms with Gasteiger partial charge in [0.05, 0.1) is 12.7 Å². The maximum Gasteiger partial charge on any atom is 0.523 e. The first-order chi connectivity index (χ1) is 17.9. The first-order valence-electron chi connectivity index (χ1n) is 13.7. The zero-order valence-corrected chi connectivity index (χ0v) is 23.8. The first-order valence-corrected chi connectivity index (χ1v) is 15.1. The topological polar surface area (TPSA) is 83.5 Å². The second kappa shape index (κ2) is 9.52. The number of nitrogens with zero attached hydrogens (tertiary/aromatic N) is 1. The molecule has 220 valence electrons. The van der Waals surface area contributed by atoms with E-state index in [0.717, 1.165) is 38.9 Å². The minimum atomic E-state index is -5.90. The van der Waals surface area contributed by atoms with Crippen molar-refractivity contribution < 1.29 is 44.7 Å². The van der Waals surface area contributed by atoms with Gasteiger partial charge in [-0.3, -0.25) is 4.18 Å². The summed E-state index contributed by atoms with van der Waals surface area (Å²) in [5.41, 5.74) is -6.90. The third-order valence-electron chi connectivity index (χ3n) is 11.4. The average molecular weight is 570 g/mol. The zero-order valence-electron chi connectivity index (χ0n) is 23.0. The van der Waals surface area contributed by atoms with Crippen LogP contribution in [0.1, 0.15) is 51.9 Å². The van der Waals surface area contributed by atoms with Gasteiger partial charge in [0.2, 0.25) is 0 Å². The van der Waals surface area contributed by atoms with Crippen LogP contribution in [-0.2, 0) is 33.2 Å². The molecule has 0 radical (unpaired) electrons. The molecule has 1 aliphatic heterocycles. The van der Waals surface area contributed by atoms with E-state index < -0.39 is 32.9 Å². The van der Waals surface area contributed by atoms with Gasteiger partial charge in [0.25, 0.3) is 0 Å². The van der Waals surface area contributed by atoms with Gasteiger partial charge in [-0.1, -0.05) is 6.92 Å². The number of hydrogen-bond acceptors (Lipinski definition) is 8. The lowest BCUT2D eigenvalue weighted by atomic mass is 9.33. The average Bonchev–Trinajstić information content (AvgIpc) is 2.88. The van der Waals surface area contributed by atoms with E-state index in [0.29, 0.717) is 32.3 Å². The molecular weight excluding hydrogens is 527 g/mol. The second-order valence-corrected chi connectivity index (χ2v) is 13.9. The van der Waals surface area contributed by atoms with E-state index >= 15 is 0 Å². The van der Waals surface area contributed by atoms with Crippen molar-refractivity contribution >= 4 is 10.1 Å². The fourth-order valence-corrected chi connectivity index (χ4v) is 11.0. The summed E-state index contributed by atoms with van der Waals surface area (Å²) in [5, 5.41) is 0. The molecule has 0 N–H and O–H groups in total. The summed E-state index contributed by atoms with van der Waals surface area (Å²) in [5.74, 6) is -1.78. The Morgan fingerprint density at radius 3 is 2.21 bits per heavy atom. The summed E-state index contributed by atoms with van der Waals surface area (Å²) in [6.45, 7) is 5.23. The molecule has 0 unspecified atom stereocenters. The molecular formula is C26H42F3NO7S. The van der Waals surface area contributed by atoms with Crippen molar-refractivity contribution in [3.8, 4) is 0 Å². The number of hydrogen-bond donors (Lipinski definition) is 0. The molecule has 5 saturated carbocycles. The fourth-order valence-electron chi connectivity index (χ4n) is 10.3. The summed E-state index contributed by atoms with van der Waals surface area (Å²) in [4.78, 5) is 2.43. The SMILES string of the molecule is CCN1C[C@]2(COC)CC[C@H](OC)[C@]3(C1)[C@@H]2CC[C@@]12CC[C@@H](C[C@@H]13)C(OC)(OC)[C@@H]2OS(=O)(=O)C(F)(F)F. The maximum atomic E-state index is 13.7. The summed E-state index contributed by atoms with van der Waals surface area (Å²) in [7, 11) is 0.306. The summed E-state index contributed by atoms with van der Waals surface area (Å²) in [6, 6.07) is 0. The number of methoxy groups -OCH3 is 4. The molecule has 6 aliphatic rings. The fraction of sp³-hybridized carbons (Fsp3) is 1.00. The van der Waals surface area contributed by atoms with Gasteiger partial charge in [-0.25, -0.2) is 0 Å². The lowest BCUT2D eigenvalue weighted by Crippen LogP contribution is -2.79. The molecule has 8 atom stereocenters. The van der Waals surface area contributed by atoms with Crippen LogP contribution in [0.15, 0.2) is 0 Å². The van der Waals surface area contributed by atoms with Crippen molar-refractivity contribution in [2.75, 3.05) is 54.7 Å². The van der Waals surface area contributed by atoms with Crippen LogP contribution in [0.4, 0.5) is 13.2 Å². The minimum absolute atomic E-state index is 0.0929. The van der Waals surface area contributed by atoms with E-state index in [4.69, 9.17) is 23.1 Å². The molecule has 4 bridgehead atoms. The van der Waals surface area contributed by atoms with Crippen LogP contribution in [0.3, 0.4) is 0 Å². The maximum absolute atomic E-state index is 13.7. The van der Waals surface area contributed by atoms with Crippen LogP contribution in [0.5, 0.6) is 0 Å². The van der Waals surface area contributed by atoms with Gasteiger partial charge in [-0.05, 0) is 63.3 Å². The Morgan fingerprint density at radius 1 is 0.947 bits per heavy atom. The molecule has 1 saturated heterocycles. The Balaban J connectivity index is 1.69. The van der Waals surface area contributed by atoms with Crippen molar-refractivity contribution in [2.45, 2.75) is 75.4 Å². The molecule has 0 aromatic rings.